The lowest BCUT2D eigenvalue weighted by atomic mass is 9.90. The first-order valence-electron chi connectivity index (χ1n) is 9.59. The van der Waals surface area contributed by atoms with E-state index in [1.54, 1.807) is 6.07 Å². The lowest BCUT2D eigenvalue weighted by Crippen LogP contribution is -2.42. The number of amides is 1. The van der Waals surface area contributed by atoms with Crippen molar-refractivity contribution in [2.75, 3.05) is 26.2 Å². The van der Waals surface area contributed by atoms with Crippen LogP contribution < -0.4 is 5.56 Å². The van der Waals surface area contributed by atoms with Gasteiger partial charge in [0.1, 0.15) is 0 Å². The third kappa shape index (κ3) is 4.69. The van der Waals surface area contributed by atoms with Gasteiger partial charge in [0, 0.05) is 37.5 Å². The number of aromatic nitrogens is 2. The molecule has 3 heterocycles. The van der Waals surface area contributed by atoms with Gasteiger partial charge in [-0.1, -0.05) is 0 Å². The third-order valence-corrected chi connectivity index (χ3v) is 5.73. The van der Waals surface area contributed by atoms with Crippen LogP contribution in [0, 0.1) is 5.92 Å². The highest BCUT2D eigenvalue weighted by atomic mass is 16.2. The van der Waals surface area contributed by atoms with Gasteiger partial charge >= 0.3 is 0 Å². The van der Waals surface area contributed by atoms with Gasteiger partial charge in [-0.2, -0.15) is 0 Å². The zero-order valence-corrected chi connectivity index (χ0v) is 15.4. The van der Waals surface area contributed by atoms with E-state index in [2.05, 4.69) is 28.7 Å². The smallest absolute Gasteiger partial charge is 0.250 e. The van der Waals surface area contributed by atoms with Crippen LogP contribution in [0.2, 0.25) is 0 Å². The van der Waals surface area contributed by atoms with Crippen molar-refractivity contribution >= 4 is 5.91 Å². The summed E-state index contributed by atoms with van der Waals surface area (Å²) < 4.78 is 0. The molecule has 2 fully saturated rings. The lowest BCUT2D eigenvalue weighted by Gasteiger charge is -2.36. The van der Waals surface area contributed by atoms with Crippen molar-refractivity contribution in [2.45, 2.75) is 57.9 Å². The third-order valence-electron chi connectivity index (χ3n) is 5.73. The Balaban J connectivity index is 1.53. The average Bonchev–Trinajstić information content (AvgIpc) is 2.62. The summed E-state index contributed by atoms with van der Waals surface area (Å²) in [4.78, 5) is 35.6. The van der Waals surface area contributed by atoms with Crippen LogP contribution in [0.25, 0.3) is 0 Å². The quantitative estimate of drug-likeness (QED) is 0.905. The van der Waals surface area contributed by atoms with Gasteiger partial charge in [0.2, 0.25) is 5.91 Å². The molecule has 1 atom stereocenters. The van der Waals surface area contributed by atoms with Crippen LogP contribution in [0.5, 0.6) is 0 Å². The molecule has 2 aliphatic heterocycles. The summed E-state index contributed by atoms with van der Waals surface area (Å²) in [5.74, 6) is 0.973. The van der Waals surface area contributed by atoms with E-state index in [0.29, 0.717) is 24.9 Å². The minimum Gasteiger partial charge on any atom is -0.342 e. The number of rotatable bonds is 4. The molecule has 0 spiro atoms. The SMILES string of the molecule is CC(C)N1CCC(CC(=O)N2CCC[C@H](c3cc(=O)[nH]cn3)C2)CC1. The van der Waals surface area contributed by atoms with Crippen LogP contribution in [0.1, 0.15) is 57.6 Å². The summed E-state index contributed by atoms with van der Waals surface area (Å²) in [6, 6.07) is 2.17. The number of nitrogens with zero attached hydrogens (tertiary/aromatic N) is 3. The molecule has 1 aromatic rings. The van der Waals surface area contributed by atoms with Gasteiger partial charge < -0.3 is 14.8 Å². The molecule has 1 amide bonds. The molecule has 6 nitrogen and oxygen atoms in total. The zero-order chi connectivity index (χ0) is 17.8. The molecule has 25 heavy (non-hydrogen) atoms. The Morgan fingerprint density at radius 3 is 2.72 bits per heavy atom. The van der Waals surface area contributed by atoms with Crippen LogP contribution >= 0.6 is 0 Å². The van der Waals surface area contributed by atoms with E-state index in [4.69, 9.17) is 0 Å². The Bertz CT molecular complexity index is 634. The molecule has 0 aromatic carbocycles. The minimum atomic E-state index is -0.120. The molecule has 2 saturated heterocycles. The van der Waals surface area contributed by atoms with E-state index in [0.717, 1.165) is 51.0 Å². The van der Waals surface area contributed by atoms with Crippen molar-refractivity contribution in [1.29, 1.82) is 0 Å². The van der Waals surface area contributed by atoms with Crippen molar-refractivity contribution in [1.82, 2.24) is 19.8 Å². The predicted molar refractivity (Wildman–Crippen MR) is 97.5 cm³/mol. The Morgan fingerprint density at radius 1 is 1.28 bits per heavy atom. The summed E-state index contributed by atoms with van der Waals surface area (Å²) in [7, 11) is 0. The Morgan fingerprint density at radius 2 is 2.04 bits per heavy atom. The summed E-state index contributed by atoms with van der Waals surface area (Å²) in [6.07, 6.45) is 6.35. The first-order chi connectivity index (χ1) is 12.0. The second kappa shape index (κ2) is 8.13. The summed E-state index contributed by atoms with van der Waals surface area (Å²) >= 11 is 0. The first kappa shape index (κ1) is 18.1. The Kier molecular flexibility index (Phi) is 5.89. The molecule has 2 aliphatic rings. The van der Waals surface area contributed by atoms with Gasteiger partial charge in [0.05, 0.1) is 12.0 Å². The highest BCUT2D eigenvalue weighted by Crippen LogP contribution is 2.27. The molecule has 1 N–H and O–H groups in total. The van der Waals surface area contributed by atoms with Crippen molar-refractivity contribution in [3.63, 3.8) is 0 Å². The van der Waals surface area contributed by atoms with Crippen molar-refractivity contribution < 1.29 is 4.79 Å². The molecule has 0 bridgehead atoms. The number of nitrogens with one attached hydrogen (secondary N) is 1. The maximum absolute atomic E-state index is 12.7. The van der Waals surface area contributed by atoms with E-state index >= 15 is 0 Å². The molecule has 0 unspecified atom stereocenters. The highest BCUT2D eigenvalue weighted by molar-refractivity contribution is 5.76. The predicted octanol–water partition coefficient (Wildman–Crippen LogP) is 1.99. The minimum absolute atomic E-state index is 0.120. The number of hydrogen-bond donors (Lipinski definition) is 1. The average molecular weight is 346 g/mol. The number of piperidine rings is 2. The van der Waals surface area contributed by atoms with Crippen molar-refractivity contribution in [3.05, 3.63) is 28.4 Å². The van der Waals surface area contributed by atoms with Crippen molar-refractivity contribution in [2.24, 2.45) is 5.92 Å². The lowest BCUT2D eigenvalue weighted by molar-refractivity contribution is -0.133. The van der Waals surface area contributed by atoms with E-state index in [-0.39, 0.29) is 17.4 Å². The van der Waals surface area contributed by atoms with Gasteiger partial charge in [0.15, 0.2) is 0 Å². The van der Waals surface area contributed by atoms with Crippen molar-refractivity contribution in [3.8, 4) is 0 Å². The van der Waals surface area contributed by atoms with Crippen LogP contribution in [0.15, 0.2) is 17.2 Å². The molecular weight excluding hydrogens is 316 g/mol. The second-order valence-corrected chi connectivity index (χ2v) is 7.79. The molecule has 1 aromatic heterocycles. The van der Waals surface area contributed by atoms with E-state index < -0.39 is 0 Å². The molecule has 0 saturated carbocycles. The van der Waals surface area contributed by atoms with E-state index in [1.165, 1.54) is 6.33 Å². The van der Waals surface area contributed by atoms with Crippen LogP contribution in [-0.2, 0) is 4.79 Å². The summed E-state index contributed by atoms with van der Waals surface area (Å²) in [5, 5.41) is 0. The Hall–Kier alpha value is -1.69. The molecule has 6 heteroatoms. The number of carbonyl (C=O) groups is 1. The number of H-pyrrole nitrogens is 1. The van der Waals surface area contributed by atoms with Gasteiger partial charge in [-0.3, -0.25) is 9.59 Å². The number of carbonyl (C=O) groups excluding carboxylic acids is 1. The molecule has 138 valence electrons. The fourth-order valence-electron chi connectivity index (χ4n) is 4.10. The fourth-order valence-corrected chi connectivity index (χ4v) is 4.10. The summed E-state index contributed by atoms with van der Waals surface area (Å²) in [5.41, 5.74) is 0.692. The number of hydrogen-bond acceptors (Lipinski definition) is 4. The zero-order valence-electron chi connectivity index (χ0n) is 15.4. The fraction of sp³-hybridized carbons (Fsp3) is 0.737. The topological polar surface area (TPSA) is 69.3 Å². The van der Waals surface area contributed by atoms with Crippen LogP contribution in [-0.4, -0.2) is 57.9 Å². The maximum atomic E-state index is 12.7. The second-order valence-electron chi connectivity index (χ2n) is 7.79. The maximum Gasteiger partial charge on any atom is 0.250 e. The molecule has 0 radical (unpaired) electrons. The van der Waals surface area contributed by atoms with E-state index in [1.807, 2.05) is 4.90 Å². The Labute approximate surface area is 149 Å². The van der Waals surface area contributed by atoms with Gasteiger partial charge in [-0.05, 0) is 58.5 Å². The normalized spacial score (nSPS) is 23.2. The van der Waals surface area contributed by atoms with Crippen LogP contribution in [0.4, 0.5) is 0 Å². The largest absolute Gasteiger partial charge is 0.342 e. The van der Waals surface area contributed by atoms with E-state index in [9.17, 15) is 9.59 Å². The van der Waals surface area contributed by atoms with Crippen LogP contribution in [0.3, 0.4) is 0 Å². The number of likely N-dealkylation sites (tertiary alicyclic amines) is 2. The molecular formula is C19H30N4O2. The highest BCUT2D eigenvalue weighted by Gasteiger charge is 2.29. The van der Waals surface area contributed by atoms with Gasteiger partial charge in [-0.25, -0.2) is 4.98 Å². The number of aromatic amines is 1. The molecule has 3 rings (SSSR count). The first-order valence-corrected chi connectivity index (χ1v) is 9.59. The van der Waals surface area contributed by atoms with Gasteiger partial charge in [-0.15, -0.1) is 0 Å². The standard InChI is InChI=1S/C19H30N4O2/c1-14(2)22-8-5-15(6-9-22)10-19(25)23-7-3-4-16(12-23)17-11-18(24)21-13-20-17/h11,13-16H,3-10,12H2,1-2H3,(H,20,21,24)/t16-/m0/s1. The summed E-state index contributed by atoms with van der Waals surface area (Å²) in [6.45, 7) is 8.22. The molecule has 0 aliphatic carbocycles. The van der Waals surface area contributed by atoms with Gasteiger partial charge in [0.25, 0.3) is 5.56 Å². The monoisotopic (exact) mass is 346 g/mol.